The van der Waals surface area contributed by atoms with Gasteiger partial charge < -0.3 is 9.47 Å². The molecule has 1 fully saturated rings. The molecule has 8 heteroatoms. The lowest BCUT2D eigenvalue weighted by Crippen LogP contribution is -2.33. The molecule has 0 bridgehead atoms. The summed E-state index contributed by atoms with van der Waals surface area (Å²) in [5.41, 5.74) is 4.84. The second-order valence-corrected chi connectivity index (χ2v) is 12.2. The molecule has 4 aromatic rings. The lowest BCUT2D eigenvalue weighted by atomic mass is 9.77. The highest BCUT2D eigenvalue weighted by Gasteiger charge is 2.43. The molecule has 7 nitrogen and oxygen atoms in total. The molecule has 218 valence electrons. The fraction of sp³-hybridized carbons (Fsp3) is 0.200. The summed E-state index contributed by atoms with van der Waals surface area (Å²) in [7, 11) is -0.732. The minimum atomic E-state index is -4.03. The highest BCUT2D eigenvalue weighted by Crippen LogP contribution is 2.45. The van der Waals surface area contributed by atoms with Crippen LogP contribution in [-0.2, 0) is 10.0 Å². The molecule has 1 aliphatic carbocycles. The van der Waals surface area contributed by atoms with Gasteiger partial charge in [-0.1, -0.05) is 72.8 Å². The predicted molar refractivity (Wildman–Crippen MR) is 170 cm³/mol. The number of sulfonamides is 1. The van der Waals surface area contributed by atoms with E-state index in [1.165, 1.54) is 0 Å². The standard InChI is InChI=1S/C35H33N3O4S/c1-41-29-20-16-25(17-21-29)24-28-12-9-15-32-33(28)36-38(34(32)26-18-22-30(42-2)23-19-26)35(27-10-5-3-6-11-27)37-43(39,40)31-13-7-4-8-14-31/h3-8,10-11,13-14,16-24,32,34H,9,12,15H2,1-2H3/b28-24+,37-35?/t32-,34+/m0/s1. The first-order chi connectivity index (χ1) is 21.0. The van der Waals surface area contributed by atoms with E-state index in [4.69, 9.17) is 14.6 Å². The van der Waals surface area contributed by atoms with Gasteiger partial charge in [-0.25, -0.2) is 5.01 Å². The van der Waals surface area contributed by atoms with E-state index >= 15 is 0 Å². The Hall–Kier alpha value is -4.69. The van der Waals surface area contributed by atoms with Gasteiger partial charge >= 0.3 is 0 Å². The van der Waals surface area contributed by atoms with Crippen molar-refractivity contribution in [1.82, 2.24) is 5.01 Å². The lowest BCUT2D eigenvalue weighted by molar-refractivity contribution is 0.304. The number of allylic oxidation sites excluding steroid dienone is 1. The Balaban J connectivity index is 1.52. The molecule has 0 aromatic heterocycles. The van der Waals surface area contributed by atoms with Gasteiger partial charge in [-0.15, -0.1) is 4.40 Å². The number of amidine groups is 1. The summed E-state index contributed by atoms with van der Waals surface area (Å²) in [4.78, 5) is 0.133. The van der Waals surface area contributed by atoms with Crippen molar-refractivity contribution >= 4 is 27.6 Å². The van der Waals surface area contributed by atoms with E-state index < -0.39 is 10.0 Å². The molecular weight excluding hydrogens is 558 g/mol. The molecule has 1 saturated carbocycles. The zero-order chi connectivity index (χ0) is 29.8. The molecule has 1 aliphatic heterocycles. The average Bonchev–Trinajstić information content (AvgIpc) is 3.45. The minimum absolute atomic E-state index is 0.0417. The number of fused-ring (bicyclic) bond motifs is 1. The molecule has 0 amide bonds. The van der Waals surface area contributed by atoms with Gasteiger partial charge in [0.2, 0.25) is 0 Å². The van der Waals surface area contributed by atoms with Gasteiger partial charge in [0.1, 0.15) is 11.5 Å². The Labute approximate surface area is 252 Å². The van der Waals surface area contributed by atoms with Crippen molar-refractivity contribution in [3.05, 3.63) is 131 Å². The Kier molecular flexibility index (Phi) is 8.11. The smallest absolute Gasteiger partial charge is 0.284 e. The number of hydrogen-bond donors (Lipinski definition) is 0. The highest BCUT2D eigenvalue weighted by molar-refractivity contribution is 7.90. The van der Waals surface area contributed by atoms with Crippen LogP contribution >= 0.6 is 0 Å². The van der Waals surface area contributed by atoms with E-state index in [2.05, 4.69) is 10.5 Å². The SMILES string of the molecule is COc1ccc(/C=C2\CCC[C@H]3C2=NN(C(=NS(=O)(=O)c2ccccc2)c2ccccc2)[C@@H]3c2ccc(OC)cc2)cc1. The van der Waals surface area contributed by atoms with Crippen molar-refractivity contribution < 1.29 is 17.9 Å². The molecule has 0 spiro atoms. The van der Waals surface area contributed by atoms with E-state index in [1.807, 2.05) is 83.9 Å². The molecule has 4 aromatic carbocycles. The number of hydrazone groups is 1. The second-order valence-electron chi connectivity index (χ2n) is 10.6. The summed E-state index contributed by atoms with van der Waals surface area (Å²) in [6, 6.07) is 33.4. The summed E-state index contributed by atoms with van der Waals surface area (Å²) in [5, 5.41) is 7.03. The molecule has 6 rings (SSSR count). The van der Waals surface area contributed by atoms with Gasteiger partial charge in [0, 0.05) is 11.5 Å². The largest absolute Gasteiger partial charge is 0.497 e. The molecule has 0 N–H and O–H groups in total. The molecule has 2 aliphatic rings. The number of hydrogen-bond acceptors (Lipinski definition) is 5. The van der Waals surface area contributed by atoms with Gasteiger partial charge in [0.15, 0.2) is 5.84 Å². The number of methoxy groups -OCH3 is 2. The molecule has 0 saturated heterocycles. The zero-order valence-electron chi connectivity index (χ0n) is 24.1. The summed E-state index contributed by atoms with van der Waals surface area (Å²) in [6.45, 7) is 0. The maximum atomic E-state index is 13.7. The van der Waals surface area contributed by atoms with Crippen molar-refractivity contribution in [1.29, 1.82) is 0 Å². The minimum Gasteiger partial charge on any atom is -0.497 e. The van der Waals surface area contributed by atoms with Gasteiger partial charge in [0.05, 0.1) is 30.9 Å². The lowest BCUT2D eigenvalue weighted by Gasteiger charge is -2.31. The van der Waals surface area contributed by atoms with Crippen LogP contribution in [0.4, 0.5) is 0 Å². The monoisotopic (exact) mass is 591 g/mol. The van der Waals surface area contributed by atoms with Crippen LogP contribution in [0.5, 0.6) is 11.5 Å². The highest BCUT2D eigenvalue weighted by atomic mass is 32.2. The van der Waals surface area contributed by atoms with Gasteiger partial charge in [-0.2, -0.15) is 13.5 Å². The quantitative estimate of drug-likeness (QED) is 0.169. The molecule has 43 heavy (non-hydrogen) atoms. The topological polar surface area (TPSA) is 80.6 Å². The van der Waals surface area contributed by atoms with Gasteiger partial charge in [0.25, 0.3) is 10.0 Å². The first-order valence-electron chi connectivity index (χ1n) is 14.3. The maximum Gasteiger partial charge on any atom is 0.284 e. The van der Waals surface area contributed by atoms with Crippen LogP contribution < -0.4 is 9.47 Å². The Morgan fingerprint density at radius 2 is 1.44 bits per heavy atom. The Bertz CT molecular complexity index is 1770. The third-order valence-corrected chi connectivity index (χ3v) is 9.19. The fourth-order valence-electron chi connectivity index (χ4n) is 5.78. The van der Waals surface area contributed by atoms with E-state index in [0.29, 0.717) is 5.56 Å². The second kappa shape index (κ2) is 12.3. The van der Waals surface area contributed by atoms with Crippen molar-refractivity contribution in [2.24, 2.45) is 15.4 Å². The third-order valence-electron chi connectivity index (χ3n) is 7.91. The van der Waals surface area contributed by atoms with Gasteiger partial charge in [-0.05, 0) is 78.4 Å². The summed E-state index contributed by atoms with van der Waals surface area (Å²) < 4.78 is 42.6. The van der Waals surface area contributed by atoms with E-state index in [0.717, 1.165) is 53.2 Å². The first kappa shape index (κ1) is 28.4. The van der Waals surface area contributed by atoms with Crippen LogP contribution in [0, 0.1) is 5.92 Å². The van der Waals surface area contributed by atoms with Crippen LogP contribution in [0.2, 0.25) is 0 Å². The van der Waals surface area contributed by atoms with Crippen molar-refractivity contribution in [3.8, 4) is 11.5 Å². The van der Waals surface area contributed by atoms with Crippen LogP contribution in [0.15, 0.2) is 129 Å². The Morgan fingerprint density at radius 1 is 0.837 bits per heavy atom. The number of benzene rings is 4. The van der Waals surface area contributed by atoms with E-state index in [9.17, 15) is 8.42 Å². The summed E-state index contributed by atoms with van der Waals surface area (Å²) >= 11 is 0. The van der Waals surface area contributed by atoms with Crippen LogP contribution in [-0.4, -0.2) is 39.2 Å². The Morgan fingerprint density at radius 3 is 2.07 bits per heavy atom. The first-order valence-corrected chi connectivity index (χ1v) is 15.7. The summed E-state index contributed by atoms with van der Waals surface area (Å²) in [6.07, 6.45) is 4.97. The third kappa shape index (κ3) is 5.96. The van der Waals surface area contributed by atoms with Gasteiger partial charge in [-0.3, -0.25) is 0 Å². The average molecular weight is 592 g/mol. The molecule has 0 radical (unpaired) electrons. The number of nitrogens with zero attached hydrogens (tertiary/aromatic N) is 3. The number of rotatable bonds is 7. The molecule has 2 atom stereocenters. The number of ether oxygens (including phenoxy) is 2. The normalized spacial score (nSPS) is 19.6. The molecule has 1 heterocycles. The van der Waals surface area contributed by atoms with E-state index in [-0.39, 0.29) is 22.7 Å². The molecular formula is C35H33N3O4S. The van der Waals surface area contributed by atoms with Crippen molar-refractivity contribution in [3.63, 3.8) is 0 Å². The van der Waals surface area contributed by atoms with Crippen molar-refractivity contribution in [2.45, 2.75) is 30.2 Å². The fourth-order valence-corrected chi connectivity index (χ4v) is 6.81. The van der Waals surface area contributed by atoms with E-state index in [1.54, 1.807) is 44.6 Å². The van der Waals surface area contributed by atoms with Crippen LogP contribution in [0.3, 0.4) is 0 Å². The summed E-state index contributed by atoms with van der Waals surface area (Å²) in [5.74, 6) is 1.88. The van der Waals surface area contributed by atoms with Crippen LogP contribution in [0.1, 0.15) is 42.0 Å². The van der Waals surface area contributed by atoms with Crippen molar-refractivity contribution in [2.75, 3.05) is 14.2 Å². The van der Waals surface area contributed by atoms with Crippen LogP contribution in [0.25, 0.3) is 6.08 Å². The maximum absolute atomic E-state index is 13.7. The zero-order valence-corrected chi connectivity index (χ0v) is 24.9. The molecule has 0 unspecified atom stereocenters. The predicted octanol–water partition coefficient (Wildman–Crippen LogP) is 7.14.